The summed E-state index contributed by atoms with van der Waals surface area (Å²) in [7, 11) is 0. The molecule has 3 saturated heterocycles. The molecule has 2 aromatic carbocycles. The van der Waals surface area contributed by atoms with E-state index in [0.29, 0.717) is 19.1 Å². The van der Waals surface area contributed by atoms with E-state index < -0.39 is 30.1 Å². The zero-order valence-electron chi connectivity index (χ0n) is 24.5. The number of aromatic nitrogens is 3. The van der Waals surface area contributed by atoms with Crippen LogP contribution in [0.4, 0.5) is 0 Å². The predicted molar refractivity (Wildman–Crippen MR) is 150 cm³/mol. The molecule has 10 heteroatoms. The Bertz CT molecular complexity index is 1360. The molecule has 1 saturated carbocycles. The lowest BCUT2D eigenvalue weighted by atomic mass is 10.0. The summed E-state index contributed by atoms with van der Waals surface area (Å²) in [4.78, 5) is 0. The minimum atomic E-state index is -0.753. The van der Waals surface area contributed by atoms with Gasteiger partial charge < -0.3 is 33.2 Å². The van der Waals surface area contributed by atoms with Gasteiger partial charge in [-0.2, -0.15) is 0 Å². The van der Waals surface area contributed by atoms with Crippen LogP contribution in [0.1, 0.15) is 63.4 Å². The Hall–Kier alpha value is -2.86. The third-order valence-electron chi connectivity index (χ3n) is 8.23. The molecule has 4 heterocycles. The van der Waals surface area contributed by atoms with Crippen LogP contribution in [0.2, 0.25) is 0 Å². The van der Waals surface area contributed by atoms with Gasteiger partial charge in [-0.3, -0.25) is 0 Å². The number of benzene rings is 2. The molecule has 4 aliphatic rings. The van der Waals surface area contributed by atoms with Crippen LogP contribution in [0.25, 0.3) is 0 Å². The monoisotopic (exact) mass is 577 g/mol. The number of hydrogen-bond donors (Lipinski definition) is 0. The Morgan fingerprint density at radius 1 is 0.905 bits per heavy atom. The van der Waals surface area contributed by atoms with Crippen molar-refractivity contribution in [3.05, 3.63) is 77.6 Å². The van der Waals surface area contributed by atoms with E-state index in [2.05, 4.69) is 34.6 Å². The highest BCUT2D eigenvalue weighted by atomic mass is 16.8. The van der Waals surface area contributed by atoms with Crippen molar-refractivity contribution >= 4 is 0 Å². The second-order valence-electron chi connectivity index (χ2n) is 12.5. The highest BCUT2D eigenvalue weighted by Crippen LogP contribution is 2.44. The van der Waals surface area contributed by atoms with Crippen molar-refractivity contribution in [3.8, 4) is 5.75 Å². The Kier molecular flexibility index (Phi) is 7.32. The Morgan fingerprint density at radius 2 is 1.69 bits per heavy atom. The van der Waals surface area contributed by atoms with Crippen LogP contribution in [0, 0.1) is 5.92 Å². The van der Waals surface area contributed by atoms with E-state index in [1.807, 2.05) is 68.9 Å². The van der Waals surface area contributed by atoms with Crippen LogP contribution in [-0.4, -0.2) is 63.9 Å². The third-order valence-corrected chi connectivity index (χ3v) is 8.23. The van der Waals surface area contributed by atoms with Gasteiger partial charge >= 0.3 is 0 Å². The molecule has 7 rings (SSSR count). The van der Waals surface area contributed by atoms with Crippen molar-refractivity contribution in [1.29, 1.82) is 0 Å². The standard InChI is InChI=1S/C32H39N3O7/c1-31(2)38-19-25(40-31)27-28(29-30(39-27)42-32(3,4)41-29)37-18-23-16-35(34-33-23)26(21-10-11-21)22-12-14-24(15-13-22)36-17-20-8-6-5-7-9-20/h5-9,12-16,21,25-30H,10-11,17-19H2,1-4H3/t25-,26?,27-,28-,29-,30+/m1/s1. The maximum Gasteiger partial charge on any atom is 0.190 e. The van der Waals surface area contributed by atoms with Gasteiger partial charge in [-0.25, -0.2) is 4.68 Å². The van der Waals surface area contributed by atoms with Crippen molar-refractivity contribution in [2.75, 3.05) is 6.61 Å². The SMILES string of the molecule is CC1(C)O[C@@H]2O[C@H]([C@H]3COC(C)(C)O3)[C@@H](OCc3cn(C(c4ccc(OCc5ccccc5)cc4)C4CC4)nn3)[C@H]2O1. The molecule has 4 fully saturated rings. The largest absolute Gasteiger partial charge is 0.489 e. The summed E-state index contributed by atoms with van der Waals surface area (Å²) in [5, 5.41) is 8.99. The summed E-state index contributed by atoms with van der Waals surface area (Å²) in [6.07, 6.45) is 2.31. The maximum absolute atomic E-state index is 6.45. The van der Waals surface area contributed by atoms with Crippen molar-refractivity contribution < 1.29 is 33.2 Å². The summed E-state index contributed by atoms with van der Waals surface area (Å²) in [6.45, 7) is 8.77. The summed E-state index contributed by atoms with van der Waals surface area (Å²) in [6, 6.07) is 18.6. The second kappa shape index (κ2) is 11.0. The highest BCUT2D eigenvalue weighted by Gasteiger charge is 2.59. The van der Waals surface area contributed by atoms with E-state index in [4.69, 9.17) is 33.2 Å². The van der Waals surface area contributed by atoms with Gasteiger partial charge in [0.05, 0.1) is 25.5 Å². The zero-order valence-corrected chi connectivity index (χ0v) is 24.5. The van der Waals surface area contributed by atoms with Gasteiger partial charge in [0.15, 0.2) is 17.9 Å². The molecule has 1 aromatic heterocycles. The molecule has 0 N–H and O–H groups in total. The van der Waals surface area contributed by atoms with Crippen LogP contribution < -0.4 is 4.74 Å². The van der Waals surface area contributed by atoms with Crippen molar-refractivity contribution in [1.82, 2.24) is 15.0 Å². The predicted octanol–water partition coefficient (Wildman–Crippen LogP) is 4.77. The number of hydrogen-bond acceptors (Lipinski definition) is 9. The summed E-state index contributed by atoms with van der Waals surface area (Å²) < 4.78 is 44.8. The molecule has 0 spiro atoms. The molecular formula is C32H39N3O7. The van der Waals surface area contributed by atoms with Gasteiger partial charge in [0.25, 0.3) is 0 Å². The highest BCUT2D eigenvalue weighted by molar-refractivity contribution is 5.31. The van der Waals surface area contributed by atoms with Crippen LogP contribution in [0.15, 0.2) is 60.8 Å². The molecule has 0 amide bonds. The molecule has 0 bridgehead atoms. The summed E-state index contributed by atoms with van der Waals surface area (Å²) >= 11 is 0. The van der Waals surface area contributed by atoms with Gasteiger partial charge in [0.1, 0.15) is 42.5 Å². The van der Waals surface area contributed by atoms with Gasteiger partial charge in [0, 0.05) is 0 Å². The average Bonchev–Trinajstić information content (AvgIpc) is 3.26. The third kappa shape index (κ3) is 5.97. The topological polar surface area (TPSA) is 95.3 Å². The van der Waals surface area contributed by atoms with E-state index in [9.17, 15) is 0 Å². The molecule has 1 aliphatic carbocycles. The van der Waals surface area contributed by atoms with E-state index >= 15 is 0 Å². The fourth-order valence-corrected chi connectivity index (χ4v) is 6.12. The minimum Gasteiger partial charge on any atom is -0.489 e. The number of ether oxygens (including phenoxy) is 7. The van der Waals surface area contributed by atoms with Crippen LogP contribution in [0.3, 0.4) is 0 Å². The van der Waals surface area contributed by atoms with Crippen LogP contribution >= 0.6 is 0 Å². The van der Waals surface area contributed by atoms with E-state index in [1.54, 1.807) is 0 Å². The first-order valence-corrected chi connectivity index (χ1v) is 14.8. The molecule has 3 aromatic rings. The van der Waals surface area contributed by atoms with E-state index in [0.717, 1.165) is 17.0 Å². The lowest BCUT2D eigenvalue weighted by Crippen LogP contribution is -2.44. The lowest BCUT2D eigenvalue weighted by molar-refractivity contribution is -0.236. The van der Waals surface area contributed by atoms with Gasteiger partial charge in [0.2, 0.25) is 0 Å². The first kappa shape index (κ1) is 27.9. The van der Waals surface area contributed by atoms with Crippen molar-refractivity contribution in [2.24, 2.45) is 5.92 Å². The van der Waals surface area contributed by atoms with E-state index in [-0.39, 0.29) is 24.9 Å². The van der Waals surface area contributed by atoms with E-state index in [1.165, 1.54) is 18.4 Å². The number of fused-ring (bicyclic) bond motifs is 1. The Balaban J connectivity index is 1.02. The molecular weight excluding hydrogens is 538 g/mol. The summed E-state index contributed by atoms with van der Waals surface area (Å²) in [5.41, 5.74) is 3.07. The van der Waals surface area contributed by atoms with Crippen LogP contribution in [0.5, 0.6) is 5.75 Å². The van der Waals surface area contributed by atoms with Gasteiger partial charge in [-0.1, -0.05) is 47.7 Å². The molecule has 6 atom stereocenters. The molecule has 3 aliphatic heterocycles. The minimum absolute atomic E-state index is 0.111. The molecule has 10 nitrogen and oxygen atoms in total. The molecule has 0 radical (unpaired) electrons. The normalized spacial score (nSPS) is 30.3. The van der Waals surface area contributed by atoms with Crippen LogP contribution in [-0.2, 0) is 41.6 Å². The first-order valence-electron chi connectivity index (χ1n) is 14.8. The Labute approximate surface area is 246 Å². The fraction of sp³-hybridized carbons (Fsp3) is 0.562. The lowest BCUT2D eigenvalue weighted by Gasteiger charge is -2.28. The van der Waals surface area contributed by atoms with Gasteiger partial charge in [-0.15, -0.1) is 5.10 Å². The van der Waals surface area contributed by atoms with Gasteiger partial charge in [-0.05, 0) is 69.7 Å². The van der Waals surface area contributed by atoms with Crippen molar-refractivity contribution in [2.45, 2.75) is 102 Å². The second-order valence-corrected chi connectivity index (χ2v) is 12.5. The zero-order chi connectivity index (χ0) is 28.9. The first-order chi connectivity index (χ1) is 20.2. The number of nitrogens with zero attached hydrogens (tertiary/aromatic N) is 3. The van der Waals surface area contributed by atoms with Crippen molar-refractivity contribution in [3.63, 3.8) is 0 Å². The average molecular weight is 578 g/mol. The smallest absolute Gasteiger partial charge is 0.190 e. The fourth-order valence-electron chi connectivity index (χ4n) is 6.12. The molecule has 1 unspecified atom stereocenters. The molecule has 224 valence electrons. The molecule has 42 heavy (non-hydrogen) atoms. The maximum atomic E-state index is 6.45. The quantitative estimate of drug-likeness (QED) is 0.338. The summed E-state index contributed by atoms with van der Waals surface area (Å²) in [5.74, 6) is -0.0575. The Morgan fingerprint density at radius 3 is 2.40 bits per heavy atom. The number of rotatable bonds is 10.